The fourth-order valence-electron chi connectivity index (χ4n) is 0. The van der Waals surface area contributed by atoms with Crippen LogP contribution >= 0.6 is 0 Å². The molecule has 13 heteroatoms. The molecule has 0 aliphatic heterocycles. The van der Waals surface area contributed by atoms with Gasteiger partial charge in [-0.3, -0.25) is 0 Å². The van der Waals surface area contributed by atoms with Crippen molar-refractivity contribution in [2.45, 2.75) is 0 Å². The minimum Gasteiger partial charge on any atom is -0.530 e. The van der Waals surface area contributed by atoms with E-state index in [2.05, 4.69) is 22.9 Å². The van der Waals surface area contributed by atoms with Gasteiger partial charge in [-0.05, 0) is 0 Å². The second kappa shape index (κ2) is 23.5. The molecule has 0 saturated heterocycles. The summed E-state index contributed by atoms with van der Waals surface area (Å²) < 4.78 is 0. The molecule has 0 bridgehead atoms. The summed E-state index contributed by atoms with van der Waals surface area (Å²) in [5.74, 6) is 0. The van der Waals surface area contributed by atoms with E-state index in [9.17, 15) is 0 Å². The van der Waals surface area contributed by atoms with E-state index in [-0.39, 0.29) is 21.1 Å². The number of carbonyl (C=O) groups excluding carboxylic acids is 4. The van der Waals surface area contributed by atoms with Gasteiger partial charge in [-0.15, -0.1) is 0 Å². The summed E-state index contributed by atoms with van der Waals surface area (Å²) in [5, 5.41) is 34.7. The van der Waals surface area contributed by atoms with Crippen LogP contribution in [0.2, 0.25) is 0 Å². The van der Waals surface area contributed by atoms with Crippen LogP contribution in [0, 0.1) is 0 Å². The molecule has 0 radical (unpaired) electrons. The largest absolute Gasteiger partial charge is 4.00 e. The molecule has 0 aromatic heterocycles. The molecule has 0 fully saturated rings. The molecule has 8 N–H and O–H groups in total. The predicted octanol–water partition coefficient (Wildman–Crippen LogP) is -6.85. The van der Waals surface area contributed by atoms with Crippen molar-refractivity contribution in [2.75, 3.05) is 0 Å². The maximum absolute atomic E-state index is 8.67. The fourth-order valence-corrected chi connectivity index (χ4v) is 0. The molecule has 17 heavy (non-hydrogen) atoms. The van der Waals surface area contributed by atoms with Crippen LogP contribution < -0.4 is 43.4 Å². The van der Waals surface area contributed by atoms with Crippen LogP contribution in [0.15, 0.2) is 0 Å². The number of primary amides is 4. The van der Waals surface area contributed by atoms with Crippen LogP contribution in [0.1, 0.15) is 0 Å². The zero-order chi connectivity index (χ0) is 14.3. The van der Waals surface area contributed by atoms with E-state index >= 15 is 0 Å². The topological polar surface area (TPSA) is 265 Å². The van der Waals surface area contributed by atoms with Crippen molar-refractivity contribution < 1.29 is 60.7 Å². The van der Waals surface area contributed by atoms with Gasteiger partial charge >= 0.3 is 21.1 Å². The average Bonchev–Trinajstić information content (AvgIpc) is 1.76. The fraction of sp³-hybridized carbons (Fsp3) is 0. The molecular formula is C4H8N4O8W. The van der Waals surface area contributed by atoms with Gasteiger partial charge in [-0.2, -0.15) is 0 Å². The first-order chi connectivity index (χ1) is 6.93. The van der Waals surface area contributed by atoms with Crippen LogP contribution in [0.5, 0.6) is 0 Å². The van der Waals surface area contributed by atoms with Gasteiger partial charge < -0.3 is 62.5 Å². The first kappa shape index (κ1) is 29.3. The zero-order valence-corrected chi connectivity index (χ0v) is 10.9. The Balaban J connectivity index is -0.0000000369. The summed E-state index contributed by atoms with van der Waals surface area (Å²) >= 11 is 0. The standard InChI is InChI=1S/4CH3NO2.W/c4*2-1(3)4;/h4*2H2,(H,3,4);/q;;;;+4/p-4. The SMILES string of the molecule is NC(=O)[O-].NC(=O)[O-].NC(=O)[O-].NC(=O)[O-].[W+4]. The van der Waals surface area contributed by atoms with Crippen molar-refractivity contribution in [1.29, 1.82) is 0 Å². The average molecular weight is 424 g/mol. The van der Waals surface area contributed by atoms with Gasteiger partial charge in [0.05, 0.1) is 0 Å². The minimum atomic E-state index is -1.58. The van der Waals surface area contributed by atoms with Gasteiger partial charge in [0.25, 0.3) is 0 Å². The third-order valence-electron chi connectivity index (χ3n) is 0. The Hall–Kier alpha value is -2.23. The number of rotatable bonds is 0. The van der Waals surface area contributed by atoms with Crippen molar-refractivity contribution in [3.05, 3.63) is 0 Å². The quantitative estimate of drug-likeness (QED) is 0.289. The van der Waals surface area contributed by atoms with Gasteiger partial charge in [0.15, 0.2) is 0 Å². The molecule has 0 aliphatic carbocycles. The Bertz CT molecular complexity index is 170. The molecule has 0 heterocycles. The zero-order valence-electron chi connectivity index (χ0n) is 7.98. The molecular weight excluding hydrogens is 416 g/mol. The molecule has 0 rings (SSSR count). The maximum Gasteiger partial charge on any atom is 4.00 e. The molecule has 0 unspecified atom stereocenters. The van der Waals surface area contributed by atoms with Crippen molar-refractivity contribution in [2.24, 2.45) is 22.9 Å². The van der Waals surface area contributed by atoms with Crippen LogP contribution in [0.25, 0.3) is 0 Å². The molecule has 0 aliphatic rings. The number of hydrogen-bond donors (Lipinski definition) is 4. The Morgan fingerprint density at radius 2 is 0.529 bits per heavy atom. The molecule has 0 aromatic carbocycles. The van der Waals surface area contributed by atoms with Crippen LogP contribution in [-0.4, -0.2) is 24.4 Å². The number of amides is 4. The van der Waals surface area contributed by atoms with Crippen LogP contribution in [-0.2, 0) is 21.1 Å². The van der Waals surface area contributed by atoms with E-state index in [1.54, 1.807) is 0 Å². The summed E-state index contributed by atoms with van der Waals surface area (Å²) in [6, 6.07) is 0. The molecule has 98 valence electrons. The third-order valence-corrected chi connectivity index (χ3v) is 0. The smallest absolute Gasteiger partial charge is 0.530 e. The van der Waals surface area contributed by atoms with Gasteiger partial charge in [0.1, 0.15) is 24.4 Å². The molecule has 4 amide bonds. The Morgan fingerprint density at radius 3 is 0.529 bits per heavy atom. The molecule has 12 nitrogen and oxygen atoms in total. The van der Waals surface area contributed by atoms with Crippen molar-refractivity contribution in [3.8, 4) is 0 Å². The summed E-state index contributed by atoms with van der Waals surface area (Å²) in [6.07, 6.45) is -6.33. The Morgan fingerprint density at radius 1 is 0.529 bits per heavy atom. The number of carboxylic acid groups (broad SMARTS) is 4. The predicted molar refractivity (Wildman–Crippen MR) is 38.3 cm³/mol. The Kier molecular flexibility index (Phi) is 40.6. The minimum absolute atomic E-state index is 0. The number of carbonyl (C=O) groups is 4. The van der Waals surface area contributed by atoms with Gasteiger partial charge in [-0.25, -0.2) is 0 Å². The second-order valence-corrected chi connectivity index (χ2v) is 1.28. The van der Waals surface area contributed by atoms with E-state index in [4.69, 9.17) is 39.6 Å². The maximum atomic E-state index is 8.67. The normalized spacial score (nSPS) is 5.65. The number of hydrogen-bond acceptors (Lipinski definition) is 8. The summed E-state index contributed by atoms with van der Waals surface area (Å²) in [6.45, 7) is 0. The third kappa shape index (κ3) is 383. The summed E-state index contributed by atoms with van der Waals surface area (Å²) in [4.78, 5) is 34.7. The molecule has 0 saturated carbocycles. The first-order valence-electron chi connectivity index (χ1n) is 2.79. The van der Waals surface area contributed by atoms with E-state index in [1.165, 1.54) is 0 Å². The van der Waals surface area contributed by atoms with Crippen molar-refractivity contribution in [3.63, 3.8) is 0 Å². The molecule has 0 spiro atoms. The van der Waals surface area contributed by atoms with E-state index in [1.807, 2.05) is 0 Å². The summed E-state index contributed by atoms with van der Waals surface area (Å²) in [7, 11) is 0. The second-order valence-electron chi connectivity index (χ2n) is 1.28. The van der Waals surface area contributed by atoms with Crippen LogP contribution in [0.4, 0.5) is 19.2 Å². The van der Waals surface area contributed by atoms with E-state index in [0.29, 0.717) is 0 Å². The molecule has 0 aromatic rings. The monoisotopic (exact) mass is 424 g/mol. The summed E-state index contributed by atoms with van der Waals surface area (Å²) in [5.41, 5.74) is 15.7. The molecule has 0 atom stereocenters. The Labute approximate surface area is 108 Å². The van der Waals surface area contributed by atoms with Crippen molar-refractivity contribution >= 4 is 24.4 Å². The first-order valence-corrected chi connectivity index (χ1v) is 2.79. The van der Waals surface area contributed by atoms with Crippen molar-refractivity contribution in [1.82, 2.24) is 0 Å². The van der Waals surface area contributed by atoms with Gasteiger partial charge in [0.2, 0.25) is 0 Å². The van der Waals surface area contributed by atoms with Gasteiger partial charge in [-0.1, -0.05) is 0 Å². The van der Waals surface area contributed by atoms with Gasteiger partial charge in [0, 0.05) is 0 Å². The van der Waals surface area contributed by atoms with E-state index in [0.717, 1.165) is 0 Å². The number of nitrogens with two attached hydrogens (primary N) is 4. The van der Waals surface area contributed by atoms with Crippen LogP contribution in [0.3, 0.4) is 0 Å². The van der Waals surface area contributed by atoms with E-state index < -0.39 is 24.4 Å².